The molecule has 6 nitrogen and oxygen atoms in total. The Morgan fingerprint density at radius 2 is 1.71 bits per heavy atom. The number of carbonyl (C=O) groups excluding carboxylic acids is 2. The van der Waals surface area contributed by atoms with Crippen LogP contribution in [0.25, 0.3) is 0 Å². The summed E-state index contributed by atoms with van der Waals surface area (Å²) in [4.78, 5) is 26.6. The molecule has 2 heterocycles. The second kappa shape index (κ2) is 10.6. The first-order valence-electron chi connectivity index (χ1n) is 12.0. The van der Waals surface area contributed by atoms with E-state index in [-0.39, 0.29) is 23.9 Å². The molecule has 3 aromatic rings. The predicted octanol–water partition coefficient (Wildman–Crippen LogP) is 5.21. The summed E-state index contributed by atoms with van der Waals surface area (Å²) in [7, 11) is 1.63. The fraction of sp³-hybridized carbons (Fsp3) is 0.357. The summed E-state index contributed by atoms with van der Waals surface area (Å²) in [6.45, 7) is 4.77. The van der Waals surface area contributed by atoms with Gasteiger partial charge in [-0.3, -0.25) is 9.59 Å². The van der Waals surface area contributed by atoms with E-state index in [0.717, 1.165) is 54.8 Å². The molecule has 6 heteroatoms. The average molecular weight is 460 g/mol. The first kappa shape index (κ1) is 23.6. The number of nitrogens with one attached hydrogen (secondary N) is 2. The van der Waals surface area contributed by atoms with E-state index in [2.05, 4.69) is 17.6 Å². The number of benzene rings is 2. The van der Waals surface area contributed by atoms with E-state index < -0.39 is 0 Å². The fourth-order valence-electron chi connectivity index (χ4n) is 4.65. The molecular formula is C28H33N3O3. The van der Waals surface area contributed by atoms with Crippen molar-refractivity contribution in [3.05, 3.63) is 88.7 Å². The molecule has 1 aromatic heterocycles. The van der Waals surface area contributed by atoms with Gasteiger partial charge in [0.25, 0.3) is 11.8 Å². The molecule has 0 spiro atoms. The quantitative estimate of drug-likeness (QED) is 0.486. The topological polar surface area (TPSA) is 72.4 Å². The van der Waals surface area contributed by atoms with Gasteiger partial charge >= 0.3 is 0 Å². The molecule has 0 saturated heterocycles. The molecule has 0 fully saturated rings. The van der Waals surface area contributed by atoms with Gasteiger partial charge in [-0.2, -0.15) is 0 Å². The van der Waals surface area contributed by atoms with Crippen molar-refractivity contribution in [3.63, 3.8) is 0 Å². The molecule has 2 atom stereocenters. The smallest absolute Gasteiger partial charge is 0.268 e. The average Bonchev–Trinajstić information content (AvgIpc) is 3.28. The van der Waals surface area contributed by atoms with Crippen molar-refractivity contribution >= 4 is 11.8 Å². The van der Waals surface area contributed by atoms with Crippen LogP contribution in [0.15, 0.2) is 60.7 Å². The number of rotatable bonds is 8. The Hall–Kier alpha value is -3.54. The Kier molecular flexibility index (Phi) is 7.36. The largest absolute Gasteiger partial charge is 0.497 e. The van der Waals surface area contributed by atoms with Crippen molar-refractivity contribution < 1.29 is 14.3 Å². The number of carbonyl (C=O) groups is 2. The highest BCUT2D eigenvalue weighted by Gasteiger charge is 2.27. The molecule has 0 saturated carbocycles. The zero-order chi connectivity index (χ0) is 24.1. The van der Waals surface area contributed by atoms with Crippen molar-refractivity contribution in [1.29, 1.82) is 0 Å². The lowest BCUT2D eigenvalue weighted by molar-refractivity contribution is 0.0925. The van der Waals surface area contributed by atoms with Crippen LogP contribution in [-0.2, 0) is 13.0 Å². The lowest BCUT2D eigenvalue weighted by Gasteiger charge is -2.21. The minimum Gasteiger partial charge on any atom is -0.497 e. The maximum absolute atomic E-state index is 13.3. The third-order valence-electron chi connectivity index (χ3n) is 6.61. The first-order valence-corrected chi connectivity index (χ1v) is 12.0. The summed E-state index contributed by atoms with van der Waals surface area (Å²) in [5.41, 5.74) is 4.18. The van der Waals surface area contributed by atoms with Crippen molar-refractivity contribution in [2.75, 3.05) is 7.11 Å². The molecule has 2 amide bonds. The highest BCUT2D eigenvalue weighted by Crippen LogP contribution is 2.26. The van der Waals surface area contributed by atoms with Crippen molar-refractivity contribution in [1.82, 2.24) is 15.2 Å². The summed E-state index contributed by atoms with van der Waals surface area (Å²) >= 11 is 0. The number of fused-ring (bicyclic) bond motifs is 1. The highest BCUT2D eigenvalue weighted by molar-refractivity contribution is 6.01. The fourth-order valence-corrected chi connectivity index (χ4v) is 4.65. The van der Waals surface area contributed by atoms with Gasteiger partial charge in [-0.05, 0) is 61.9 Å². The zero-order valence-corrected chi connectivity index (χ0v) is 20.1. The lowest BCUT2D eigenvalue weighted by atomic mass is 10.0. The molecule has 178 valence electrons. The molecular weight excluding hydrogens is 426 g/mol. The molecule has 1 aliphatic rings. The Morgan fingerprint density at radius 1 is 0.971 bits per heavy atom. The molecule has 2 N–H and O–H groups in total. The maximum atomic E-state index is 13.3. The van der Waals surface area contributed by atoms with Crippen molar-refractivity contribution in [3.8, 4) is 5.75 Å². The second-order valence-corrected chi connectivity index (χ2v) is 8.81. The van der Waals surface area contributed by atoms with Gasteiger partial charge in [0.05, 0.1) is 24.8 Å². The molecule has 0 radical (unpaired) electrons. The molecule has 1 unspecified atom stereocenters. The van der Waals surface area contributed by atoms with E-state index in [1.807, 2.05) is 66.1 Å². The summed E-state index contributed by atoms with van der Waals surface area (Å²) in [6, 6.07) is 19.2. The van der Waals surface area contributed by atoms with E-state index in [0.29, 0.717) is 11.3 Å². The molecule has 34 heavy (non-hydrogen) atoms. The van der Waals surface area contributed by atoms with Crippen LogP contribution in [0, 0.1) is 0 Å². The van der Waals surface area contributed by atoms with Gasteiger partial charge in [0.1, 0.15) is 11.4 Å². The minimum atomic E-state index is -0.173. The molecule has 0 bridgehead atoms. The number of amides is 2. The van der Waals surface area contributed by atoms with Crippen LogP contribution < -0.4 is 15.4 Å². The predicted molar refractivity (Wildman–Crippen MR) is 133 cm³/mol. The van der Waals surface area contributed by atoms with Crippen LogP contribution in [0.2, 0.25) is 0 Å². The molecule has 0 aliphatic carbocycles. The second-order valence-electron chi connectivity index (χ2n) is 8.81. The van der Waals surface area contributed by atoms with Crippen LogP contribution in [-0.4, -0.2) is 23.5 Å². The van der Waals surface area contributed by atoms with Crippen LogP contribution in [0.5, 0.6) is 5.75 Å². The lowest BCUT2D eigenvalue weighted by Crippen LogP contribution is -2.29. The summed E-state index contributed by atoms with van der Waals surface area (Å²) in [5.74, 6) is 0.490. The van der Waals surface area contributed by atoms with Gasteiger partial charge in [0, 0.05) is 12.2 Å². The van der Waals surface area contributed by atoms with Gasteiger partial charge in [-0.25, -0.2) is 0 Å². The third-order valence-corrected chi connectivity index (χ3v) is 6.61. The van der Waals surface area contributed by atoms with Crippen molar-refractivity contribution in [2.45, 2.75) is 58.2 Å². The highest BCUT2D eigenvalue weighted by atomic mass is 16.5. The van der Waals surface area contributed by atoms with Gasteiger partial charge in [0.15, 0.2) is 0 Å². The van der Waals surface area contributed by atoms with Crippen LogP contribution in [0.3, 0.4) is 0 Å². The van der Waals surface area contributed by atoms with E-state index >= 15 is 0 Å². The number of aromatic nitrogens is 1. The number of ether oxygens (including phenoxy) is 1. The third kappa shape index (κ3) is 5.01. The Labute approximate surface area is 201 Å². The summed E-state index contributed by atoms with van der Waals surface area (Å²) < 4.78 is 7.25. The summed E-state index contributed by atoms with van der Waals surface area (Å²) in [6.07, 6.45) is 3.60. The Balaban J connectivity index is 1.55. The summed E-state index contributed by atoms with van der Waals surface area (Å²) in [5, 5.41) is 6.28. The molecule has 2 aromatic carbocycles. The van der Waals surface area contributed by atoms with Gasteiger partial charge in [-0.15, -0.1) is 0 Å². The number of hydrogen-bond acceptors (Lipinski definition) is 3. The van der Waals surface area contributed by atoms with Crippen molar-refractivity contribution in [2.24, 2.45) is 0 Å². The van der Waals surface area contributed by atoms with Crippen LogP contribution >= 0.6 is 0 Å². The zero-order valence-electron chi connectivity index (χ0n) is 20.1. The maximum Gasteiger partial charge on any atom is 0.268 e. The molecule has 1 aliphatic heterocycles. The van der Waals surface area contributed by atoms with Crippen LogP contribution in [0.1, 0.15) is 82.9 Å². The number of nitrogens with zero attached hydrogens (tertiary/aromatic N) is 1. The van der Waals surface area contributed by atoms with E-state index in [1.165, 1.54) is 0 Å². The van der Waals surface area contributed by atoms with Gasteiger partial charge < -0.3 is 19.9 Å². The molecule has 4 rings (SSSR count). The number of hydrogen-bond donors (Lipinski definition) is 2. The standard InChI is InChI=1S/C28H33N3O3/c1-4-24(21-10-6-5-7-11-21)30-27(32)23-18-26(31-17-9-8-12-25(23)31)28(33)29-19(2)20-13-15-22(34-3)16-14-20/h5-7,10-11,13-16,18-19,24H,4,8-9,12,17H2,1-3H3,(H,29,33)(H,30,32)/t19?,24-/m1/s1. The normalized spacial score (nSPS) is 14.6. The first-order chi connectivity index (χ1) is 16.5. The number of methoxy groups -OCH3 is 1. The van der Waals surface area contributed by atoms with Gasteiger partial charge in [0.2, 0.25) is 0 Å². The SMILES string of the molecule is CC[C@@H](NC(=O)c1cc(C(=O)NC(C)c2ccc(OC)cc2)n2c1CCCC2)c1ccccc1. The Bertz CT molecular complexity index is 1140. The van der Waals surface area contributed by atoms with E-state index in [1.54, 1.807) is 13.2 Å². The van der Waals surface area contributed by atoms with E-state index in [4.69, 9.17) is 4.74 Å². The Morgan fingerprint density at radius 3 is 2.38 bits per heavy atom. The van der Waals surface area contributed by atoms with Gasteiger partial charge in [-0.1, -0.05) is 49.4 Å². The monoisotopic (exact) mass is 459 g/mol. The van der Waals surface area contributed by atoms with E-state index in [9.17, 15) is 9.59 Å². The minimum absolute atomic E-state index is 0.0692. The van der Waals surface area contributed by atoms with Crippen LogP contribution in [0.4, 0.5) is 0 Å².